The number of rotatable bonds is 2. The van der Waals surface area contributed by atoms with Crippen LogP contribution in [0.4, 0.5) is 0 Å². The SMILES string of the molecule is COc1ccc2cc(C(=O)N3CCO[C@H](C)C3)c(C)nc2c1. The maximum absolute atomic E-state index is 12.7. The molecule has 1 atom stereocenters. The monoisotopic (exact) mass is 300 g/mol. The summed E-state index contributed by atoms with van der Waals surface area (Å²) in [5, 5.41) is 0.941. The van der Waals surface area contributed by atoms with Crippen LogP contribution in [0, 0.1) is 6.92 Å². The van der Waals surface area contributed by atoms with Crippen molar-refractivity contribution < 1.29 is 14.3 Å². The fourth-order valence-electron chi connectivity index (χ4n) is 2.76. The van der Waals surface area contributed by atoms with E-state index in [9.17, 15) is 4.79 Å². The van der Waals surface area contributed by atoms with Crippen molar-refractivity contribution in [2.75, 3.05) is 26.8 Å². The summed E-state index contributed by atoms with van der Waals surface area (Å²) >= 11 is 0. The summed E-state index contributed by atoms with van der Waals surface area (Å²) in [5.74, 6) is 0.790. The van der Waals surface area contributed by atoms with E-state index in [2.05, 4.69) is 4.98 Å². The predicted octanol–water partition coefficient (Wildman–Crippen LogP) is 2.41. The topological polar surface area (TPSA) is 51.7 Å². The molecule has 1 aromatic heterocycles. The Morgan fingerprint density at radius 2 is 2.23 bits per heavy atom. The minimum Gasteiger partial charge on any atom is -0.497 e. The van der Waals surface area contributed by atoms with E-state index in [1.54, 1.807) is 7.11 Å². The number of carbonyl (C=O) groups is 1. The third-order valence-corrected chi connectivity index (χ3v) is 3.97. The van der Waals surface area contributed by atoms with E-state index in [0.717, 1.165) is 22.3 Å². The minimum absolute atomic E-state index is 0.0258. The van der Waals surface area contributed by atoms with Crippen LogP contribution in [0.2, 0.25) is 0 Å². The van der Waals surface area contributed by atoms with Gasteiger partial charge < -0.3 is 14.4 Å². The van der Waals surface area contributed by atoms with E-state index in [4.69, 9.17) is 9.47 Å². The molecule has 1 aromatic carbocycles. The maximum Gasteiger partial charge on any atom is 0.255 e. The second kappa shape index (κ2) is 5.93. The van der Waals surface area contributed by atoms with Gasteiger partial charge in [-0.05, 0) is 32.0 Å². The van der Waals surface area contributed by atoms with Crippen molar-refractivity contribution in [3.8, 4) is 5.75 Å². The summed E-state index contributed by atoms with van der Waals surface area (Å²) in [6.07, 6.45) is 0.0793. The van der Waals surface area contributed by atoms with Crippen LogP contribution in [0.1, 0.15) is 23.0 Å². The lowest BCUT2D eigenvalue weighted by Crippen LogP contribution is -2.44. The smallest absolute Gasteiger partial charge is 0.255 e. The Morgan fingerprint density at radius 3 is 2.95 bits per heavy atom. The first-order valence-corrected chi connectivity index (χ1v) is 7.45. The Hall–Kier alpha value is -2.14. The third kappa shape index (κ3) is 2.76. The first-order valence-electron chi connectivity index (χ1n) is 7.45. The van der Waals surface area contributed by atoms with Gasteiger partial charge in [0.25, 0.3) is 5.91 Å². The molecule has 2 heterocycles. The Bertz CT molecular complexity index is 714. The highest BCUT2D eigenvalue weighted by molar-refractivity contribution is 5.98. The molecule has 5 nitrogen and oxygen atoms in total. The standard InChI is InChI=1S/C17H20N2O3/c1-11-10-19(6-7-22-11)17(20)15-8-13-4-5-14(21-3)9-16(13)18-12(15)2/h4-5,8-9,11H,6-7,10H2,1-3H3/t11-/m1/s1. The van der Waals surface area contributed by atoms with Gasteiger partial charge in [0.15, 0.2) is 0 Å². The molecule has 1 aliphatic heterocycles. The summed E-state index contributed by atoms with van der Waals surface area (Å²) in [5.41, 5.74) is 2.24. The zero-order chi connectivity index (χ0) is 15.7. The first-order chi connectivity index (χ1) is 10.6. The molecule has 22 heavy (non-hydrogen) atoms. The van der Waals surface area contributed by atoms with Gasteiger partial charge >= 0.3 is 0 Å². The molecule has 0 aliphatic carbocycles. The Morgan fingerprint density at radius 1 is 1.41 bits per heavy atom. The second-order valence-corrected chi connectivity index (χ2v) is 5.61. The van der Waals surface area contributed by atoms with Gasteiger partial charge in [0.1, 0.15) is 5.75 Å². The summed E-state index contributed by atoms with van der Waals surface area (Å²) in [4.78, 5) is 19.1. The highest BCUT2D eigenvalue weighted by Gasteiger charge is 2.24. The van der Waals surface area contributed by atoms with Crippen molar-refractivity contribution in [3.63, 3.8) is 0 Å². The Labute approximate surface area is 129 Å². The summed E-state index contributed by atoms with van der Waals surface area (Å²) in [6, 6.07) is 7.61. The highest BCUT2D eigenvalue weighted by Crippen LogP contribution is 2.23. The van der Waals surface area contributed by atoms with Gasteiger partial charge in [0.05, 0.1) is 36.6 Å². The number of hydrogen-bond donors (Lipinski definition) is 0. The number of aryl methyl sites for hydroxylation is 1. The molecule has 0 bridgehead atoms. The van der Waals surface area contributed by atoms with Gasteiger partial charge in [-0.2, -0.15) is 0 Å². The molecule has 0 N–H and O–H groups in total. The quantitative estimate of drug-likeness (QED) is 0.854. The number of methoxy groups -OCH3 is 1. The predicted molar refractivity (Wildman–Crippen MR) is 84.3 cm³/mol. The Balaban J connectivity index is 1.96. The number of amides is 1. The number of benzene rings is 1. The number of carbonyl (C=O) groups excluding carboxylic acids is 1. The van der Waals surface area contributed by atoms with E-state index in [0.29, 0.717) is 25.3 Å². The van der Waals surface area contributed by atoms with Crippen molar-refractivity contribution in [1.82, 2.24) is 9.88 Å². The van der Waals surface area contributed by atoms with Gasteiger partial charge in [-0.3, -0.25) is 9.78 Å². The molecule has 2 aromatic rings. The minimum atomic E-state index is 0.0258. The molecule has 0 spiro atoms. The van der Waals surface area contributed by atoms with Crippen LogP contribution < -0.4 is 4.74 Å². The van der Waals surface area contributed by atoms with Gasteiger partial charge in [-0.25, -0.2) is 0 Å². The fourth-order valence-corrected chi connectivity index (χ4v) is 2.76. The molecule has 116 valence electrons. The zero-order valence-electron chi connectivity index (χ0n) is 13.1. The van der Waals surface area contributed by atoms with Gasteiger partial charge in [0, 0.05) is 24.5 Å². The molecule has 1 fully saturated rings. The van der Waals surface area contributed by atoms with Crippen LogP contribution in [0.25, 0.3) is 10.9 Å². The highest BCUT2D eigenvalue weighted by atomic mass is 16.5. The molecule has 0 radical (unpaired) electrons. The Kier molecular flexibility index (Phi) is 3.98. The maximum atomic E-state index is 12.7. The van der Waals surface area contributed by atoms with Gasteiger partial charge in [-0.15, -0.1) is 0 Å². The van der Waals surface area contributed by atoms with Crippen LogP contribution in [0.3, 0.4) is 0 Å². The molecule has 3 rings (SSSR count). The van der Waals surface area contributed by atoms with Crippen LogP contribution >= 0.6 is 0 Å². The lowest BCUT2D eigenvalue weighted by atomic mass is 10.1. The number of nitrogens with zero attached hydrogens (tertiary/aromatic N) is 2. The molecule has 1 saturated heterocycles. The molecular weight excluding hydrogens is 280 g/mol. The van der Waals surface area contributed by atoms with Gasteiger partial charge in [-0.1, -0.05) is 0 Å². The van der Waals surface area contributed by atoms with E-state index < -0.39 is 0 Å². The lowest BCUT2D eigenvalue weighted by molar-refractivity contribution is -0.0124. The first kappa shape index (κ1) is 14.8. The van der Waals surface area contributed by atoms with Crippen molar-refractivity contribution in [3.05, 3.63) is 35.5 Å². The van der Waals surface area contributed by atoms with Crippen molar-refractivity contribution in [2.24, 2.45) is 0 Å². The molecule has 0 unspecified atom stereocenters. The summed E-state index contributed by atoms with van der Waals surface area (Å²) in [6.45, 7) is 5.69. The molecule has 5 heteroatoms. The third-order valence-electron chi connectivity index (χ3n) is 3.97. The van der Waals surface area contributed by atoms with Crippen molar-refractivity contribution in [1.29, 1.82) is 0 Å². The zero-order valence-corrected chi connectivity index (χ0v) is 13.1. The average Bonchev–Trinajstić information content (AvgIpc) is 2.53. The van der Waals surface area contributed by atoms with Crippen molar-refractivity contribution >= 4 is 16.8 Å². The average molecular weight is 300 g/mol. The lowest BCUT2D eigenvalue weighted by Gasteiger charge is -2.31. The van der Waals surface area contributed by atoms with Crippen LogP contribution in [0.15, 0.2) is 24.3 Å². The molecular formula is C17H20N2O3. The second-order valence-electron chi connectivity index (χ2n) is 5.61. The summed E-state index contributed by atoms with van der Waals surface area (Å²) in [7, 11) is 1.63. The fraction of sp³-hybridized carbons (Fsp3) is 0.412. The number of pyridine rings is 1. The number of aromatic nitrogens is 1. The number of ether oxygens (including phenoxy) is 2. The van der Waals surface area contributed by atoms with Gasteiger partial charge in [0.2, 0.25) is 0 Å². The van der Waals surface area contributed by atoms with E-state index in [-0.39, 0.29) is 12.0 Å². The molecule has 0 saturated carbocycles. The number of morpholine rings is 1. The number of fused-ring (bicyclic) bond motifs is 1. The number of hydrogen-bond acceptors (Lipinski definition) is 4. The van der Waals surface area contributed by atoms with Crippen molar-refractivity contribution in [2.45, 2.75) is 20.0 Å². The van der Waals surface area contributed by atoms with Crippen LogP contribution in [-0.2, 0) is 4.74 Å². The largest absolute Gasteiger partial charge is 0.497 e. The van der Waals surface area contributed by atoms with Crippen LogP contribution in [-0.4, -0.2) is 48.7 Å². The molecule has 1 aliphatic rings. The normalized spacial score (nSPS) is 18.5. The van der Waals surface area contributed by atoms with E-state index >= 15 is 0 Å². The van der Waals surface area contributed by atoms with Crippen LogP contribution in [0.5, 0.6) is 5.75 Å². The summed E-state index contributed by atoms with van der Waals surface area (Å²) < 4.78 is 10.7. The van der Waals surface area contributed by atoms with E-state index in [1.165, 1.54) is 0 Å². The molecule has 1 amide bonds. The van der Waals surface area contributed by atoms with E-state index in [1.807, 2.05) is 43.0 Å².